The normalized spacial score (nSPS) is 13.2. The fraction of sp³-hybridized carbons (Fsp3) is 0.389. The van der Waals surface area contributed by atoms with Crippen LogP contribution >= 0.6 is 0 Å². The van der Waals surface area contributed by atoms with E-state index in [0.717, 1.165) is 17.7 Å². The molecule has 0 aliphatic heterocycles. The lowest BCUT2D eigenvalue weighted by Gasteiger charge is -2.21. The largest absolute Gasteiger partial charge is 0.494 e. The molecule has 24 heavy (non-hydrogen) atoms. The molecular formula is C18H24N2O4. The van der Waals surface area contributed by atoms with Crippen LogP contribution in [0.3, 0.4) is 0 Å². The van der Waals surface area contributed by atoms with Crippen molar-refractivity contribution in [2.75, 3.05) is 18.5 Å². The third-order valence-electron chi connectivity index (χ3n) is 3.56. The van der Waals surface area contributed by atoms with E-state index in [-0.39, 0.29) is 6.54 Å². The van der Waals surface area contributed by atoms with Crippen molar-refractivity contribution < 1.29 is 19.1 Å². The summed E-state index contributed by atoms with van der Waals surface area (Å²) in [5, 5.41) is 15.7. The molecule has 2 aromatic rings. The van der Waals surface area contributed by atoms with Crippen LogP contribution in [0.4, 0.5) is 10.5 Å². The van der Waals surface area contributed by atoms with Crippen molar-refractivity contribution in [2.45, 2.75) is 32.8 Å². The minimum Gasteiger partial charge on any atom is -0.494 e. The Morgan fingerprint density at radius 1 is 1.38 bits per heavy atom. The molecule has 6 heteroatoms. The molecule has 1 heterocycles. The maximum atomic E-state index is 12.0. The molecule has 0 saturated carbocycles. The molecule has 0 radical (unpaired) electrons. The summed E-state index contributed by atoms with van der Waals surface area (Å²) in [6.45, 7) is 6.22. The molecular weight excluding hydrogens is 308 g/mol. The predicted octanol–water partition coefficient (Wildman–Crippen LogP) is 3.41. The number of rotatable bonds is 7. The van der Waals surface area contributed by atoms with Gasteiger partial charge in [0.2, 0.25) is 0 Å². The van der Waals surface area contributed by atoms with Crippen LogP contribution in [0, 0.1) is 6.92 Å². The molecule has 1 atom stereocenters. The van der Waals surface area contributed by atoms with E-state index in [0.29, 0.717) is 18.1 Å². The van der Waals surface area contributed by atoms with E-state index < -0.39 is 11.6 Å². The second-order valence-electron chi connectivity index (χ2n) is 5.88. The average Bonchev–Trinajstić information content (AvgIpc) is 3.09. The van der Waals surface area contributed by atoms with Gasteiger partial charge in [0, 0.05) is 5.69 Å². The Labute approximate surface area is 141 Å². The quantitative estimate of drug-likeness (QED) is 0.725. The molecule has 130 valence electrons. The van der Waals surface area contributed by atoms with Crippen molar-refractivity contribution in [1.82, 2.24) is 5.32 Å². The third-order valence-corrected chi connectivity index (χ3v) is 3.56. The second kappa shape index (κ2) is 7.88. The molecule has 1 unspecified atom stereocenters. The number of aryl methyl sites for hydroxylation is 1. The van der Waals surface area contributed by atoms with E-state index in [1.54, 1.807) is 25.1 Å². The summed E-state index contributed by atoms with van der Waals surface area (Å²) >= 11 is 0. The number of anilines is 1. The minimum absolute atomic E-state index is 0.0308. The highest BCUT2D eigenvalue weighted by Gasteiger charge is 2.26. The molecule has 0 saturated heterocycles. The fourth-order valence-corrected chi connectivity index (χ4v) is 2.18. The van der Waals surface area contributed by atoms with Crippen molar-refractivity contribution in [3.8, 4) is 5.75 Å². The van der Waals surface area contributed by atoms with Crippen LogP contribution in [0.15, 0.2) is 41.0 Å². The van der Waals surface area contributed by atoms with Crippen molar-refractivity contribution in [2.24, 2.45) is 0 Å². The number of benzene rings is 1. The maximum Gasteiger partial charge on any atom is 0.319 e. The zero-order valence-electron chi connectivity index (χ0n) is 14.3. The Kier molecular flexibility index (Phi) is 5.87. The smallest absolute Gasteiger partial charge is 0.319 e. The van der Waals surface area contributed by atoms with Gasteiger partial charge in [-0.3, -0.25) is 0 Å². The van der Waals surface area contributed by atoms with E-state index in [4.69, 9.17) is 9.15 Å². The Bertz CT molecular complexity index is 666. The van der Waals surface area contributed by atoms with Gasteiger partial charge in [0.05, 0.1) is 19.4 Å². The van der Waals surface area contributed by atoms with E-state index >= 15 is 0 Å². The topological polar surface area (TPSA) is 83.7 Å². The first-order chi connectivity index (χ1) is 11.4. The van der Waals surface area contributed by atoms with Gasteiger partial charge in [-0.2, -0.15) is 0 Å². The van der Waals surface area contributed by atoms with Crippen molar-refractivity contribution in [3.63, 3.8) is 0 Å². The number of amides is 2. The number of furan rings is 1. The molecule has 0 bridgehead atoms. The number of hydrogen-bond acceptors (Lipinski definition) is 4. The molecule has 3 N–H and O–H groups in total. The molecule has 1 aromatic carbocycles. The zero-order chi connectivity index (χ0) is 17.6. The third kappa shape index (κ3) is 4.76. The lowest BCUT2D eigenvalue weighted by atomic mass is 10.0. The van der Waals surface area contributed by atoms with Crippen molar-refractivity contribution in [3.05, 3.63) is 47.9 Å². The Balaban J connectivity index is 1.90. The first-order valence-corrected chi connectivity index (χ1v) is 7.97. The fourth-order valence-electron chi connectivity index (χ4n) is 2.18. The molecule has 1 aromatic heterocycles. The average molecular weight is 332 g/mol. The van der Waals surface area contributed by atoms with Gasteiger partial charge in [-0.05, 0) is 56.2 Å². The highest BCUT2D eigenvalue weighted by molar-refractivity contribution is 5.90. The van der Waals surface area contributed by atoms with Crippen molar-refractivity contribution in [1.29, 1.82) is 0 Å². The minimum atomic E-state index is -1.27. The number of aliphatic hydroxyl groups is 1. The second-order valence-corrected chi connectivity index (χ2v) is 5.88. The van der Waals surface area contributed by atoms with Gasteiger partial charge < -0.3 is 24.9 Å². The Morgan fingerprint density at radius 3 is 2.79 bits per heavy atom. The summed E-state index contributed by atoms with van der Waals surface area (Å²) in [5.41, 5.74) is 0.318. The zero-order valence-corrected chi connectivity index (χ0v) is 14.3. The van der Waals surface area contributed by atoms with Crippen LogP contribution in [-0.2, 0) is 5.60 Å². The van der Waals surface area contributed by atoms with E-state index in [1.807, 2.05) is 26.0 Å². The van der Waals surface area contributed by atoms with Crippen LogP contribution in [0.5, 0.6) is 5.75 Å². The van der Waals surface area contributed by atoms with Gasteiger partial charge in [-0.1, -0.05) is 6.92 Å². The number of urea groups is 1. The first kappa shape index (κ1) is 17.9. The summed E-state index contributed by atoms with van der Waals surface area (Å²) < 4.78 is 10.7. The van der Waals surface area contributed by atoms with Gasteiger partial charge in [0.15, 0.2) is 0 Å². The number of hydrogen-bond donors (Lipinski definition) is 3. The van der Waals surface area contributed by atoms with E-state index in [2.05, 4.69) is 10.6 Å². The van der Waals surface area contributed by atoms with Gasteiger partial charge in [-0.15, -0.1) is 0 Å². The summed E-state index contributed by atoms with van der Waals surface area (Å²) in [5.74, 6) is 1.18. The standard InChI is InChI=1S/C18H24N2O4/c1-4-9-23-14-7-8-15(13(2)11-14)20-17(21)19-12-18(3,22)16-6-5-10-24-16/h5-8,10-11,22H,4,9,12H2,1-3H3,(H2,19,20,21). The number of carbonyl (C=O) groups is 1. The SMILES string of the molecule is CCCOc1ccc(NC(=O)NCC(C)(O)c2ccco2)c(C)c1. The van der Waals surface area contributed by atoms with Gasteiger partial charge >= 0.3 is 6.03 Å². The first-order valence-electron chi connectivity index (χ1n) is 7.97. The number of ether oxygens (including phenoxy) is 1. The number of carbonyl (C=O) groups excluding carboxylic acids is 1. The van der Waals surface area contributed by atoms with Gasteiger partial charge in [-0.25, -0.2) is 4.79 Å². The molecule has 2 rings (SSSR count). The Hall–Kier alpha value is -2.47. The van der Waals surface area contributed by atoms with Crippen LogP contribution in [-0.4, -0.2) is 24.3 Å². The maximum absolute atomic E-state index is 12.0. The van der Waals surface area contributed by atoms with Crippen LogP contribution in [0.2, 0.25) is 0 Å². The molecule has 0 aliphatic rings. The molecule has 0 aliphatic carbocycles. The van der Waals surface area contributed by atoms with Crippen LogP contribution < -0.4 is 15.4 Å². The van der Waals surface area contributed by atoms with Gasteiger partial charge in [0.25, 0.3) is 0 Å². The monoisotopic (exact) mass is 332 g/mol. The van der Waals surface area contributed by atoms with Crippen LogP contribution in [0.1, 0.15) is 31.6 Å². The highest BCUT2D eigenvalue weighted by atomic mass is 16.5. The summed E-state index contributed by atoms with van der Waals surface area (Å²) in [4.78, 5) is 12.0. The van der Waals surface area contributed by atoms with E-state index in [1.165, 1.54) is 6.26 Å². The Morgan fingerprint density at radius 2 is 2.17 bits per heavy atom. The molecule has 0 fully saturated rings. The van der Waals surface area contributed by atoms with Gasteiger partial charge in [0.1, 0.15) is 17.1 Å². The summed E-state index contributed by atoms with van der Waals surface area (Å²) in [6.07, 6.45) is 2.42. The molecule has 2 amide bonds. The number of nitrogens with one attached hydrogen (secondary N) is 2. The highest BCUT2D eigenvalue weighted by Crippen LogP contribution is 2.22. The lowest BCUT2D eigenvalue weighted by Crippen LogP contribution is -2.40. The van der Waals surface area contributed by atoms with Crippen LogP contribution in [0.25, 0.3) is 0 Å². The summed E-state index contributed by atoms with van der Waals surface area (Å²) in [6, 6.07) is 8.45. The lowest BCUT2D eigenvalue weighted by molar-refractivity contribution is 0.0372. The predicted molar refractivity (Wildman–Crippen MR) is 92.3 cm³/mol. The molecule has 0 spiro atoms. The van der Waals surface area contributed by atoms with Crippen molar-refractivity contribution >= 4 is 11.7 Å². The van der Waals surface area contributed by atoms with E-state index in [9.17, 15) is 9.90 Å². The molecule has 6 nitrogen and oxygen atoms in total. The summed E-state index contributed by atoms with van der Waals surface area (Å²) in [7, 11) is 0.